The standard InChI is InChI=1S/C12H12Br2N2O2/c1-17-11-12(18-2)16-10-7(3-4-13)5-8(14)6-9(10)15-11/h5-6H,3-4H2,1-2H3. The molecule has 2 aromatic rings. The normalized spacial score (nSPS) is 10.7. The van der Waals surface area contributed by atoms with E-state index in [2.05, 4.69) is 41.8 Å². The van der Waals surface area contributed by atoms with Gasteiger partial charge >= 0.3 is 0 Å². The summed E-state index contributed by atoms with van der Waals surface area (Å²) in [5, 5.41) is 0.870. The van der Waals surface area contributed by atoms with E-state index < -0.39 is 0 Å². The van der Waals surface area contributed by atoms with Gasteiger partial charge in [-0.25, -0.2) is 9.97 Å². The fourth-order valence-corrected chi connectivity index (χ4v) is 2.64. The SMILES string of the molecule is COc1nc2cc(Br)cc(CCBr)c2nc1OC. The Bertz CT molecular complexity index is 575. The molecule has 1 heterocycles. The second-order valence-electron chi connectivity index (χ2n) is 3.61. The second-order valence-corrected chi connectivity index (χ2v) is 5.32. The maximum atomic E-state index is 5.19. The van der Waals surface area contributed by atoms with Gasteiger partial charge in [0.05, 0.1) is 25.3 Å². The topological polar surface area (TPSA) is 44.2 Å². The van der Waals surface area contributed by atoms with E-state index in [1.165, 1.54) is 0 Å². The number of methoxy groups -OCH3 is 2. The highest BCUT2D eigenvalue weighted by Gasteiger charge is 2.13. The maximum absolute atomic E-state index is 5.19. The molecule has 0 saturated carbocycles. The molecule has 2 rings (SSSR count). The van der Waals surface area contributed by atoms with E-state index in [0.717, 1.165) is 32.8 Å². The molecule has 0 aliphatic carbocycles. The van der Waals surface area contributed by atoms with Crippen molar-refractivity contribution < 1.29 is 9.47 Å². The predicted molar refractivity (Wildman–Crippen MR) is 77.8 cm³/mol. The number of halogens is 2. The Balaban J connectivity index is 2.70. The van der Waals surface area contributed by atoms with Crippen molar-refractivity contribution in [3.8, 4) is 11.8 Å². The Labute approximate surface area is 122 Å². The Morgan fingerprint density at radius 3 is 2.39 bits per heavy atom. The summed E-state index contributed by atoms with van der Waals surface area (Å²) in [6.07, 6.45) is 0.875. The van der Waals surface area contributed by atoms with Crippen molar-refractivity contribution in [3.63, 3.8) is 0 Å². The highest BCUT2D eigenvalue weighted by atomic mass is 79.9. The molecule has 0 N–H and O–H groups in total. The average Bonchev–Trinajstić information content (AvgIpc) is 2.37. The van der Waals surface area contributed by atoms with E-state index in [1.54, 1.807) is 14.2 Å². The highest BCUT2D eigenvalue weighted by molar-refractivity contribution is 9.10. The van der Waals surface area contributed by atoms with Crippen LogP contribution in [0.25, 0.3) is 11.0 Å². The number of ether oxygens (including phenoxy) is 2. The van der Waals surface area contributed by atoms with Crippen LogP contribution in [0.1, 0.15) is 5.56 Å². The molecule has 0 saturated heterocycles. The lowest BCUT2D eigenvalue weighted by Gasteiger charge is -2.10. The number of aryl methyl sites for hydroxylation is 1. The summed E-state index contributed by atoms with van der Waals surface area (Å²) in [5.41, 5.74) is 2.75. The lowest BCUT2D eigenvalue weighted by atomic mass is 10.1. The number of hydrogen-bond donors (Lipinski definition) is 0. The smallest absolute Gasteiger partial charge is 0.278 e. The van der Waals surface area contributed by atoms with Gasteiger partial charge in [0, 0.05) is 9.80 Å². The van der Waals surface area contributed by atoms with Crippen molar-refractivity contribution >= 4 is 42.9 Å². The van der Waals surface area contributed by atoms with Gasteiger partial charge in [0.2, 0.25) is 0 Å². The number of benzene rings is 1. The van der Waals surface area contributed by atoms with Crippen LogP contribution in [0.3, 0.4) is 0 Å². The number of nitrogens with zero attached hydrogens (tertiary/aromatic N) is 2. The molecule has 0 aliphatic rings. The van der Waals surface area contributed by atoms with E-state index in [-0.39, 0.29) is 0 Å². The maximum Gasteiger partial charge on any atom is 0.278 e. The summed E-state index contributed by atoms with van der Waals surface area (Å²) in [5.74, 6) is 0.802. The van der Waals surface area contributed by atoms with Crippen molar-refractivity contribution in [2.24, 2.45) is 0 Å². The van der Waals surface area contributed by atoms with Crippen LogP contribution in [0.5, 0.6) is 11.8 Å². The predicted octanol–water partition coefficient (Wildman–Crippen LogP) is 3.35. The molecule has 0 radical (unpaired) electrons. The number of rotatable bonds is 4. The van der Waals surface area contributed by atoms with Crippen LogP contribution < -0.4 is 9.47 Å². The molecule has 0 bridgehead atoms. The zero-order chi connectivity index (χ0) is 13.1. The monoisotopic (exact) mass is 374 g/mol. The summed E-state index contributed by atoms with van der Waals surface area (Å²) in [4.78, 5) is 8.89. The Kier molecular flexibility index (Phi) is 4.40. The molecule has 0 spiro atoms. The van der Waals surface area contributed by atoms with E-state index >= 15 is 0 Å². The van der Waals surface area contributed by atoms with E-state index in [1.807, 2.05) is 12.1 Å². The molecule has 0 fully saturated rings. The minimum Gasteiger partial charge on any atom is -0.477 e. The molecule has 0 unspecified atom stereocenters. The molecule has 0 atom stereocenters. The third-order valence-corrected chi connectivity index (χ3v) is 3.36. The molecule has 1 aromatic heterocycles. The molecule has 96 valence electrons. The molecule has 4 nitrogen and oxygen atoms in total. The minimum atomic E-state index is 0.396. The molecule has 0 aliphatic heterocycles. The average molecular weight is 376 g/mol. The molecule has 1 aromatic carbocycles. The van der Waals surface area contributed by atoms with Gasteiger partial charge in [-0.05, 0) is 24.1 Å². The van der Waals surface area contributed by atoms with Crippen LogP contribution >= 0.6 is 31.9 Å². The zero-order valence-electron chi connectivity index (χ0n) is 10.0. The van der Waals surface area contributed by atoms with Gasteiger partial charge in [-0.15, -0.1) is 0 Å². The Morgan fingerprint density at radius 2 is 1.78 bits per heavy atom. The van der Waals surface area contributed by atoms with Crippen molar-refractivity contribution in [2.45, 2.75) is 6.42 Å². The molecule has 0 amide bonds. The van der Waals surface area contributed by atoms with Crippen molar-refractivity contribution in [2.75, 3.05) is 19.5 Å². The highest BCUT2D eigenvalue weighted by Crippen LogP contribution is 2.29. The van der Waals surface area contributed by atoms with Gasteiger partial charge in [0.25, 0.3) is 11.8 Å². The summed E-state index contributed by atoms with van der Waals surface area (Å²) in [6, 6.07) is 3.96. The van der Waals surface area contributed by atoms with Crippen molar-refractivity contribution in [3.05, 3.63) is 22.2 Å². The van der Waals surface area contributed by atoms with E-state index in [4.69, 9.17) is 9.47 Å². The molecule has 6 heteroatoms. The molecular formula is C12H12Br2N2O2. The first kappa shape index (κ1) is 13.5. The van der Waals surface area contributed by atoms with Crippen molar-refractivity contribution in [1.29, 1.82) is 0 Å². The fraction of sp³-hybridized carbons (Fsp3) is 0.333. The molecule has 18 heavy (non-hydrogen) atoms. The first-order valence-corrected chi connectivity index (χ1v) is 7.25. The Morgan fingerprint density at radius 1 is 1.11 bits per heavy atom. The summed E-state index contributed by atoms with van der Waals surface area (Å²) < 4.78 is 11.3. The van der Waals surface area contributed by atoms with E-state index in [0.29, 0.717) is 11.8 Å². The van der Waals surface area contributed by atoms with Crippen LogP contribution in [-0.4, -0.2) is 29.5 Å². The first-order valence-electron chi connectivity index (χ1n) is 5.33. The summed E-state index contributed by atoms with van der Waals surface area (Å²) >= 11 is 6.92. The third kappa shape index (κ3) is 2.59. The van der Waals surface area contributed by atoms with Crippen LogP contribution in [0.4, 0.5) is 0 Å². The lowest BCUT2D eigenvalue weighted by Crippen LogP contribution is -2.00. The number of hydrogen-bond acceptors (Lipinski definition) is 4. The fourth-order valence-electron chi connectivity index (χ4n) is 1.72. The zero-order valence-corrected chi connectivity index (χ0v) is 13.2. The van der Waals surface area contributed by atoms with Crippen LogP contribution in [0.2, 0.25) is 0 Å². The lowest BCUT2D eigenvalue weighted by molar-refractivity contribution is 0.334. The van der Waals surface area contributed by atoms with Crippen LogP contribution in [0, 0.1) is 0 Å². The quantitative estimate of drug-likeness (QED) is 0.768. The van der Waals surface area contributed by atoms with Gasteiger partial charge in [0.1, 0.15) is 0 Å². The summed E-state index contributed by atoms with van der Waals surface area (Å²) in [7, 11) is 3.11. The van der Waals surface area contributed by atoms with E-state index in [9.17, 15) is 0 Å². The summed E-state index contributed by atoms with van der Waals surface area (Å²) in [6.45, 7) is 0. The first-order chi connectivity index (χ1) is 8.69. The second kappa shape index (κ2) is 5.84. The molecular weight excluding hydrogens is 364 g/mol. The number of fused-ring (bicyclic) bond motifs is 1. The minimum absolute atomic E-state index is 0.396. The van der Waals surface area contributed by atoms with Crippen molar-refractivity contribution in [1.82, 2.24) is 9.97 Å². The number of aromatic nitrogens is 2. The third-order valence-electron chi connectivity index (χ3n) is 2.50. The van der Waals surface area contributed by atoms with Crippen LogP contribution in [0.15, 0.2) is 16.6 Å². The van der Waals surface area contributed by atoms with Gasteiger partial charge in [-0.2, -0.15) is 0 Å². The van der Waals surface area contributed by atoms with Crippen LogP contribution in [-0.2, 0) is 6.42 Å². The largest absolute Gasteiger partial charge is 0.477 e. The van der Waals surface area contributed by atoms with Gasteiger partial charge in [0.15, 0.2) is 0 Å². The number of alkyl halides is 1. The van der Waals surface area contributed by atoms with Gasteiger partial charge in [-0.1, -0.05) is 31.9 Å². The van der Waals surface area contributed by atoms with Gasteiger partial charge in [-0.3, -0.25) is 0 Å². The Hall–Kier alpha value is -0.880. The van der Waals surface area contributed by atoms with Gasteiger partial charge < -0.3 is 9.47 Å².